The molecular formula is C17H20N2O3. The number of anilines is 2. The molecular weight excluding hydrogens is 280 g/mol. The summed E-state index contributed by atoms with van der Waals surface area (Å²) in [5.74, 6) is 0.825. The van der Waals surface area contributed by atoms with Gasteiger partial charge in [-0.1, -0.05) is 19.1 Å². The van der Waals surface area contributed by atoms with Crippen molar-refractivity contribution in [3.8, 4) is 11.5 Å². The molecule has 0 aliphatic heterocycles. The lowest BCUT2D eigenvalue weighted by atomic mass is 10.1. The molecule has 2 aromatic carbocycles. The van der Waals surface area contributed by atoms with Crippen LogP contribution in [0.4, 0.5) is 11.4 Å². The van der Waals surface area contributed by atoms with E-state index >= 15 is 0 Å². The summed E-state index contributed by atoms with van der Waals surface area (Å²) in [5, 5.41) is 2.82. The van der Waals surface area contributed by atoms with Gasteiger partial charge in [-0.25, -0.2) is 0 Å². The molecule has 116 valence electrons. The van der Waals surface area contributed by atoms with Gasteiger partial charge in [0.05, 0.1) is 25.0 Å². The molecule has 0 fully saturated rings. The fourth-order valence-corrected chi connectivity index (χ4v) is 1.99. The van der Waals surface area contributed by atoms with E-state index in [1.54, 1.807) is 36.4 Å². The predicted octanol–water partition coefficient (Wildman–Crippen LogP) is 3.32. The summed E-state index contributed by atoms with van der Waals surface area (Å²) in [6.45, 7) is 2.58. The average molecular weight is 300 g/mol. The molecule has 0 spiro atoms. The minimum absolute atomic E-state index is 0.255. The molecule has 0 aliphatic carbocycles. The van der Waals surface area contributed by atoms with Gasteiger partial charge in [-0.05, 0) is 30.7 Å². The van der Waals surface area contributed by atoms with Crippen LogP contribution in [0.15, 0.2) is 42.5 Å². The molecule has 0 unspecified atom stereocenters. The number of rotatable bonds is 6. The highest BCUT2D eigenvalue weighted by molar-refractivity contribution is 6.07. The maximum atomic E-state index is 12.5. The van der Waals surface area contributed by atoms with Crippen LogP contribution in [0, 0.1) is 0 Å². The van der Waals surface area contributed by atoms with Crippen molar-refractivity contribution in [1.82, 2.24) is 0 Å². The van der Waals surface area contributed by atoms with Crippen molar-refractivity contribution in [2.75, 3.05) is 24.8 Å². The largest absolute Gasteiger partial charge is 0.494 e. The first-order valence-electron chi connectivity index (χ1n) is 7.12. The number of methoxy groups -OCH3 is 1. The summed E-state index contributed by atoms with van der Waals surface area (Å²) < 4.78 is 10.8. The van der Waals surface area contributed by atoms with Gasteiger partial charge in [-0.2, -0.15) is 0 Å². The van der Waals surface area contributed by atoms with Gasteiger partial charge >= 0.3 is 0 Å². The minimum atomic E-state index is -0.255. The number of nitrogen functional groups attached to an aromatic ring is 1. The van der Waals surface area contributed by atoms with Gasteiger partial charge in [0.2, 0.25) is 0 Å². The van der Waals surface area contributed by atoms with Crippen molar-refractivity contribution in [1.29, 1.82) is 0 Å². The van der Waals surface area contributed by atoms with E-state index in [4.69, 9.17) is 15.2 Å². The van der Waals surface area contributed by atoms with Gasteiger partial charge in [0.25, 0.3) is 5.91 Å². The van der Waals surface area contributed by atoms with Crippen LogP contribution < -0.4 is 20.5 Å². The Kier molecular flexibility index (Phi) is 5.25. The Balaban J connectivity index is 2.22. The van der Waals surface area contributed by atoms with E-state index in [-0.39, 0.29) is 5.91 Å². The third kappa shape index (κ3) is 3.69. The summed E-state index contributed by atoms with van der Waals surface area (Å²) >= 11 is 0. The number of carbonyl (C=O) groups is 1. The zero-order valence-corrected chi connectivity index (χ0v) is 12.8. The number of nitrogens with one attached hydrogen (secondary N) is 1. The molecule has 0 aromatic heterocycles. The highest BCUT2D eigenvalue weighted by Crippen LogP contribution is 2.28. The van der Waals surface area contributed by atoms with Crippen molar-refractivity contribution < 1.29 is 14.3 Å². The smallest absolute Gasteiger partial charge is 0.259 e. The number of amides is 1. The van der Waals surface area contributed by atoms with Crippen LogP contribution in [0.25, 0.3) is 0 Å². The number of nitrogens with two attached hydrogens (primary N) is 1. The first-order chi connectivity index (χ1) is 10.7. The van der Waals surface area contributed by atoms with E-state index in [0.29, 0.717) is 35.0 Å². The zero-order valence-electron chi connectivity index (χ0n) is 12.8. The summed E-state index contributed by atoms with van der Waals surface area (Å²) in [4.78, 5) is 12.5. The van der Waals surface area contributed by atoms with Crippen molar-refractivity contribution in [2.24, 2.45) is 0 Å². The SMILES string of the molecule is CCCOc1ccccc1C(=O)Nc1ccc(N)cc1OC. The Hall–Kier alpha value is -2.69. The Bertz CT molecular complexity index is 656. The minimum Gasteiger partial charge on any atom is -0.494 e. The summed E-state index contributed by atoms with van der Waals surface area (Å²) in [7, 11) is 1.53. The molecule has 1 amide bonds. The fraction of sp³-hybridized carbons (Fsp3) is 0.235. The molecule has 0 atom stereocenters. The van der Waals surface area contributed by atoms with E-state index in [2.05, 4.69) is 5.32 Å². The Labute approximate surface area is 130 Å². The second-order valence-electron chi connectivity index (χ2n) is 4.76. The second kappa shape index (κ2) is 7.36. The lowest BCUT2D eigenvalue weighted by Gasteiger charge is -2.13. The van der Waals surface area contributed by atoms with Crippen molar-refractivity contribution in [3.63, 3.8) is 0 Å². The molecule has 0 bridgehead atoms. The number of hydrogen-bond donors (Lipinski definition) is 2. The monoisotopic (exact) mass is 300 g/mol. The molecule has 2 rings (SSSR count). The van der Waals surface area contributed by atoms with Gasteiger partial charge < -0.3 is 20.5 Å². The fourth-order valence-electron chi connectivity index (χ4n) is 1.99. The molecule has 3 N–H and O–H groups in total. The maximum Gasteiger partial charge on any atom is 0.259 e. The van der Waals surface area contributed by atoms with E-state index in [9.17, 15) is 4.79 Å². The van der Waals surface area contributed by atoms with Gasteiger partial charge in [0.15, 0.2) is 0 Å². The first-order valence-corrected chi connectivity index (χ1v) is 7.12. The van der Waals surface area contributed by atoms with E-state index in [1.165, 1.54) is 7.11 Å². The van der Waals surface area contributed by atoms with Gasteiger partial charge in [-0.3, -0.25) is 4.79 Å². The normalized spacial score (nSPS) is 10.1. The zero-order chi connectivity index (χ0) is 15.9. The molecule has 0 heterocycles. The molecule has 0 aliphatic rings. The van der Waals surface area contributed by atoms with Crippen LogP contribution >= 0.6 is 0 Å². The van der Waals surface area contributed by atoms with Crippen LogP contribution in [0.1, 0.15) is 23.7 Å². The van der Waals surface area contributed by atoms with Crippen molar-refractivity contribution in [2.45, 2.75) is 13.3 Å². The third-order valence-corrected chi connectivity index (χ3v) is 3.07. The number of ether oxygens (including phenoxy) is 2. The molecule has 0 radical (unpaired) electrons. The lowest BCUT2D eigenvalue weighted by molar-refractivity contribution is 0.102. The second-order valence-corrected chi connectivity index (χ2v) is 4.76. The summed E-state index contributed by atoms with van der Waals surface area (Å²) in [5.41, 5.74) is 7.33. The topological polar surface area (TPSA) is 73.6 Å². The molecule has 0 saturated carbocycles. The lowest BCUT2D eigenvalue weighted by Crippen LogP contribution is -2.14. The maximum absolute atomic E-state index is 12.5. The van der Waals surface area contributed by atoms with E-state index < -0.39 is 0 Å². The summed E-state index contributed by atoms with van der Waals surface area (Å²) in [6.07, 6.45) is 0.877. The van der Waals surface area contributed by atoms with Gasteiger partial charge in [-0.15, -0.1) is 0 Å². The molecule has 0 saturated heterocycles. The number of hydrogen-bond acceptors (Lipinski definition) is 4. The van der Waals surface area contributed by atoms with Crippen LogP contribution in [-0.4, -0.2) is 19.6 Å². The van der Waals surface area contributed by atoms with Crippen LogP contribution in [0.2, 0.25) is 0 Å². The van der Waals surface area contributed by atoms with Crippen molar-refractivity contribution in [3.05, 3.63) is 48.0 Å². The number of benzene rings is 2. The predicted molar refractivity (Wildman–Crippen MR) is 87.6 cm³/mol. The third-order valence-electron chi connectivity index (χ3n) is 3.07. The van der Waals surface area contributed by atoms with Crippen LogP contribution in [-0.2, 0) is 0 Å². The van der Waals surface area contributed by atoms with Gasteiger partial charge in [0.1, 0.15) is 11.5 Å². The Morgan fingerprint density at radius 1 is 1.18 bits per heavy atom. The molecule has 5 nitrogen and oxygen atoms in total. The Morgan fingerprint density at radius 3 is 2.68 bits per heavy atom. The quantitative estimate of drug-likeness (QED) is 0.803. The number of para-hydroxylation sites is 1. The molecule has 22 heavy (non-hydrogen) atoms. The standard InChI is InChI=1S/C17H20N2O3/c1-3-10-22-15-7-5-4-6-13(15)17(20)19-14-9-8-12(18)11-16(14)21-2/h4-9,11H,3,10,18H2,1-2H3,(H,19,20). The van der Waals surface area contributed by atoms with E-state index in [0.717, 1.165) is 6.42 Å². The van der Waals surface area contributed by atoms with Crippen LogP contribution in [0.3, 0.4) is 0 Å². The number of carbonyl (C=O) groups excluding carboxylic acids is 1. The molecule has 5 heteroatoms. The summed E-state index contributed by atoms with van der Waals surface area (Å²) in [6, 6.07) is 12.2. The Morgan fingerprint density at radius 2 is 1.95 bits per heavy atom. The average Bonchev–Trinajstić information content (AvgIpc) is 2.54. The van der Waals surface area contributed by atoms with Gasteiger partial charge in [0, 0.05) is 11.8 Å². The molecule has 2 aromatic rings. The van der Waals surface area contributed by atoms with Crippen molar-refractivity contribution >= 4 is 17.3 Å². The van der Waals surface area contributed by atoms with Crippen LogP contribution in [0.5, 0.6) is 11.5 Å². The highest BCUT2D eigenvalue weighted by atomic mass is 16.5. The first kappa shape index (κ1) is 15.7. The van der Waals surface area contributed by atoms with E-state index in [1.807, 2.05) is 13.0 Å². The highest BCUT2D eigenvalue weighted by Gasteiger charge is 2.14.